The molecule has 6 heteroatoms. The van der Waals surface area contributed by atoms with Crippen LogP contribution in [0.5, 0.6) is 5.75 Å². The molecule has 0 spiro atoms. The second-order valence-corrected chi connectivity index (χ2v) is 5.96. The van der Waals surface area contributed by atoms with Gasteiger partial charge in [0.2, 0.25) is 10.0 Å². The van der Waals surface area contributed by atoms with Crippen LogP contribution in [0.15, 0.2) is 24.3 Å². The maximum atomic E-state index is 11.6. The molecule has 4 nitrogen and oxygen atoms in total. The average molecular weight is 278 g/mol. The van der Waals surface area contributed by atoms with Gasteiger partial charge < -0.3 is 4.74 Å². The summed E-state index contributed by atoms with van der Waals surface area (Å²) in [6, 6.07) is 7.35. The Morgan fingerprint density at radius 2 is 1.88 bits per heavy atom. The third kappa shape index (κ3) is 3.87. The summed E-state index contributed by atoms with van der Waals surface area (Å²) in [6.45, 7) is 0.350. The smallest absolute Gasteiger partial charge is 0.214 e. The number of benzene rings is 1. The van der Waals surface area contributed by atoms with E-state index in [1.807, 2.05) is 24.3 Å². The summed E-state index contributed by atoms with van der Waals surface area (Å²) in [6.07, 6.45) is 1.58. The quantitative estimate of drug-likeness (QED) is 0.891. The van der Waals surface area contributed by atoms with E-state index in [1.54, 1.807) is 7.11 Å². The second-order valence-electron chi connectivity index (χ2n) is 3.91. The lowest BCUT2D eigenvalue weighted by Crippen LogP contribution is -2.26. The first-order chi connectivity index (χ1) is 7.62. The third-order valence-corrected chi connectivity index (χ3v) is 4.50. The van der Waals surface area contributed by atoms with Gasteiger partial charge in [-0.05, 0) is 30.5 Å². The topological polar surface area (TPSA) is 55.4 Å². The molecule has 0 radical (unpaired) electrons. The Hall–Kier alpha value is -0.780. The van der Waals surface area contributed by atoms with E-state index in [2.05, 4.69) is 4.72 Å². The van der Waals surface area contributed by atoms with Crippen LogP contribution < -0.4 is 9.46 Å². The molecule has 2 rings (SSSR count). The van der Waals surface area contributed by atoms with E-state index < -0.39 is 10.0 Å². The minimum absolute atomic E-state index is 0. The van der Waals surface area contributed by atoms with Crippen molar-refractivity contribution in [3.63, 3.8) is 0 Å². The van der Waals surface area contributed by atoms with Crippen LogP contribution in [0, 0.1) is 0 Å². The van der Waals surface area contributed by atoms with Crippen LogP contribution in [0.2, 0.25) is 0 Å². The molecule has 1 aromatic rings. The van der Waals surface area contributed by atoms with E-state index in [0.717, 1.165) is 24.2 Å². The van der Waals surface area contributed by atoms with Gasteiger partial charge in [-0.15, -0.1) is 12.4 Å². The maximum absolute atomic E-state index is 11.6. The Kier molecular flexibility index (Phi) is 4.80. The van der Waals surface area contributed by atoms with Crippen LogP contribution in [0.4, 0.5) is 0 Å². The zero-order chi connectivity index (χ0) is 11.6. The van der Waals surface area contributed by atoms with Gasteiger partial charge in [-0.1, -0.05) is 12.1 Å². The van der Waals surface area contributed by atoms with Gasteiger partial charge in [0, 0.05) is 6.54 Å². The summed E-state index contributed by atoms with van der Waals surface area (Å²) in [7, 11) is -1.48. The molecule has 0 unspecified atom stereocenters. The summed E-state index contributed by atoms with van der Waals surface area (Å²) < 4.78 is 30.7. The van der Waals surface area contributed by atoms with Gasteiger partial charge in [0.1, 0.15) is 5.75 Å². The average Bonchev–Trinajstić information content (AvgIpc) is 3.11. The van der Waals surface area contributed by atoms with E-state index in [9.17, 15) is 8.42 Å². The molecule has 0 aliphatic heterocycles. The maximum Gasteiger partial charge on any atom is 0.214 e. The zero-order valence-electron chi connectivity index (χ0n) is 9.55. The molecule has 1 fully saturated rings. The normalized spacial score (nSPS) is 15.1. The lowest BCUT2D eigenvalue weighted by atomic mass is 10.2. The number of methoxy groups -OCH3 is 1. The molecule has 0 bridgehead atoms. The van der Waals surface area contributed by atoms with Gasteiger partial charge in [0.25, 0.3) is 0 Å². The summed E-state index contributed by atoms with van der Waals surface area (Å²) in [5, 5.41) is -0.161. The first-order valence-corrected chi connectivity index (χ1v) is 6.78. The molecular weight excluding hydrogens is 262 g/mol. The van der Waals surface area contributed by atoms with Crippen molar-refractivity contribution < 1.29 is 13.2 Å². The van der Waals surface area contributed by atoms with E-state index in [-0.39, 0.29) is 17.7 Å². The molecule has 1 N–H and O–H groups in total. The number of rotatable bonds is 5. The van der Waals surface area contributed by atoms with Crippen molar-refractivity contribution in [2.24, 2.45) is 0 Å². The molecule has 0 amide bonds. The van der Waals surface area contributed by atoms with E-state index in [0.29, 0.717) is 6.54 Å². The largest absolute Gasteiger partial charge is 0.497 e. The molecule has 1 aliphatic carbocycles. The summed E-state index contributed by atoms with van der Waals surface area (Å²) in [5.74, 6) is 0.772. The van der Waals surface area contributed by atoms with Crippen molar-refractivity contribution >= 4 is 22.4 Å². The Morgan fingerprint density at radius 1 is 1.29 bits per heavy atom. The number of hydrogen-bond donors (Lipinski definition) is 1. The number of hydrogen-bond acceptors (Lipinski definition) is 3. The fourth-order valence-corrected chi connectivity index (χ4v) is 2.78. The molecule has 17 heavy (non-hydrogen) atoms. The Bertz CT molecular complexity index is 454. The van der Waals surface area contributed by atoms with Gasteiger partial charge >= 0.3 is 0 Å². The molecular formula is C11H16ClNO3S. The van der Waals surface area contributed by atoms with Crippen molar-refractivity contribution in [2.45, 2.75) is 24.6 Å². The lowest BCUT2D eigenvalue weighted by molar-refractivity contribution is 0.414. The molecule has 0 saturated heterocycles. The molecule has 96 valence electrons. The van der Waals surface area contributed by atoms with Crippen molar-refractivity contribution in [1.82, 2.24) is 4.72 Å². The fraction of sp³-hybridized carbons (Fsp3) is 0.455. The summed E-state index contributed by atoms with van der Waals surface area (Å²) in [5.41, 5.74) is 0.935. The first-order valence-electron chi connectivity index (χ1n) is 5.23. The number of ether oxygens (including phenoxy) is 1. The highest BCUT2D eigenvalue weighted by molar-refractivity contribution is 7.90. The van der Waals surface area contributed by atoms with Crippen molar-refractivity contribution in [3.05, 3.63) is 29.8 Å². The van der Waals surface area contributed by atoms with E-state index in [4.69, 9.17) is 4.74 Å². The van der Waals surface area contributed by atoms with Gasteiger partial charge in [-0.25, -0.2) is 13.1 Å². The summed E-state index contributed by atoms with van der Waals surface area (Å²) in [4.78, 5) is 0. The van der Waals surface area contributed by atoms with E-state index >= 15 is 0 Å². The van der Waals surface area contributed by atoms with Gasteiger partial charge in [-0.2, -0.15) is 0 Å². The standard InChI is InChI=1S/C11H15NO3S.ClH/c1-15-10-4-2-9(3-5-10)8-12-16(13,14)11-6-7-11;/h2-5,11-12H,6-8H2,1H3;1H. The molecule has 0 atom stereocenters. The third-order valence-electron chi connectivity index (χ3n) is 2.60. The lowest BCUT2D eigenvalue weighted by Gasteiger charge is -2.06. The predicted molar refractivity (Wildman–Crippen MR) is 69.0 cm³/mol. The molecule has 0 heterocycles. The molecule has 0 aromatic heterocycles. The summed E-state index contributed by atoms with van der Waals surface area (Å²) >= 11 is 0. The SMILES string of the molecule is COc1ccc(CNS(=O)(=O)C2CC2)cc1.Cl. The van der Waals surface area contributed by atoms with Crippen LogP contribution >= 0.6 is 12.4 Å². The van der Waals surface area contributed by atoms with Crippen LogP contribution in [0.3, 0.4) is 0 Å². The zero-order valence-corrected chi connectivity index (χ0v) is 11.2. The van der Waals surface area contributed by atoms with Crippen LogP contribution in [0.25, 0.3) is 0 Å². The van der Waals surface area contributed by atoms with E-state index in [1.165, 1.54) is 0 Å². The minimum Gasteiger partial charge on any atom is -0.497 e. The highest BCUT2D eigenvalue weighted by Gasteiger charge is 2.35. The van der Waals surface area contributed by atoms with Gasteiger partial charge in [0.15, 0.2) is 0 Å². The van der Waals surface area contributed by atoms with Gasteiger partial charge in [0.05, 0.1) is 12.4 Å². The van der Waals surface area contributed by atoms with Crippen LogP contribution in [-0.4, -0.2) is 20.8 Å². The van der Waals surface area contributed by atoms with Crippen molar-refractivity contribution in [3.8, 4) is 5.75 Å². The predicted octanol–water partition coefficient (Wildman–Crippen LogP) is 1.70. The monoisotopic (exact) mass is 277 g/mol. The number of sulfonamides is 1. The minimum atomic E-state index is -3.08. The van der Waals surface area contributed by atoms with Crippen molar-refractivity contribution in [2.75, 3.05) is 7.11 Å². The fourth-order valence-electron chi connectivity index (χ4n) is 1.42. The molecule has 1 aliphatic rings. The number of halogens is 1. The van der Waals surface area contributed by atoms with Crippen LogP contribution in [-0.2, 0) is 16.6 Å². The Morgan fingerprint density at radius 3 is 2.35 bits per heavy atom. The van der Waals surface area contributed by atoms with Crippen molar-refractivity contribution in [1.29, 1.82) is 0 Å². The highest BCUT2D eigenvalue weighted by Crippen LogP contribution is 2.27. The Labute approximate surface area is 108 Å². The van der Waals surface area contributed by atoms with Gasteiger partial charge in [-0.3, -0.25) is 0 Å². The number of nitrogens with one attached hydrogen (secondary N) is 1. The molecule has 1 saturated carbocycles. The second kappa shape index (κ2) is 5.71. The highest BCUT2D eigenvalue weighted by atomic mass is 35.5. The first kappa shape index (κ1) is 14.3. The Balaban J connectivity index is 0.00000144. The van der Waals surface area contributed by atoms with Crippen LogP contribution in [0.1, 0.15) is 18.4 Å². The molecule has 1 aromatic carbocycles.